The molecule has 0 aliphatic heterocycles. The van der Waals surface area contributed by atoms with Crippen molar-refractivity contribution in [3.8, 4) is 0 Å². The Kier molecular flexibility index (Phi) is 3.85. The highest BCUT2D eigenvalue weighted by Gasteiger charge is 2.36. The number of nitrogens with two attached hydrogens (primary N) is 1. The van der Waals surface area contributed by atoms with Crippen LogP contribution in [0.1, 0.15) is 48.0 Å². The number of benzene rings is 1. The van der Waals surface area contributed by atoms with E-state index in [2.05, 4.69) is 0 Å². The molecule has 0 spiro atoms. The lowest BCUT2D eigenvalue weighted by molar-refractivity contribution is 0.0690. The van der Waals surface area contributed by atoms with Crippen molar-refractivity contribution in [3.63, 3.8) is 0 Å². The first kappa shape index (κ1) is 13.9. The molecule has 3 N–H and O–H groups in total. The molecule has 1 aliphatic rings. The van der Waals surface area contributed by atoms with Crippen LogP contribution in [0.3, 0.4) is 0 Å². The topological polar surface area (TPSA) is 63.3 Å². The van der Waals surface area contributed by atoms with Crippen LogP contribution >= 0.6 is 0 Å². The molecule has 0 heterocycles. The first-order valence-electron chi connectivity index (χ1n) is 6.44. The van der Waals surface area contributed by atoms with Crippen molar-refractivity contribution in [2.75, 3.05) is 6.54 Å². The minimum absolute atomic E-state index is 0.220. The predicted molar refractivity (Wildman–Crippen MR) is 67.1 cm³/mol. The lowest BCUT2D eigenvalue weighted by Gasteiger charge is -2.37. The fourth-order valence-electron chi connectivity index (χ4n) is 2.94. The summed E-state index contributed by atoms with van der Waals surface area (Å²) < 4.78 is 27.9. The van der Waals surface area contributed by atoms with E-state index < -0.39 is 28.6 Å². The SMILES string of the molecule is NCC1(c2ccc(C(=O)O)c(F)c2F)CCCCC1. The molecule has 0 aromatic heterocycles. The Hall–Kier alpha value is -1.49. The van der Waals surface area contributed by atoms with Crippen molar-refractivity contribution >= 4 is 5.97 Å². The minimum atomic E-state index is -1.46. The Morgan fingerprint density at radius 1 is 1.21 bits per heavy atom. The zero-order valence-electron chi connectivity index (χ0n) is 10.6. The minimum Gasteiger partial charge on any atom is -0.478 e. The standard InChI is InChI=1S/C14H17F2NO2/c15-11-9(13(18)19)4-5-10(12(11)16)14(8-17)6-2-1-3-7-14/h4-5H,1-3,6-8,17H2,(H,18,19). The Labute approximate surface area is 110 Å². The molecule has 2 rings (SSSR count). The fourth-order valence-corrected chi connectivity index (χ4v) is 2.94. The summed E-state index contributed by atoms with van der Waals surface area (Å²) in [7, 11) is 0. The maximum absolute atomic E-state index is 14.1. The van der Waals surface area contributed by atoms with Crippen LogP contribution in [0.25, 0.3) is 0 Å². The van der Waals surface area contributed by atoms with Crippen LogP contribution in [0, 0.1) is 11.6 Å². The summed E-state index contributed by atoms with van der Waals surface area (Å²) in [6.45, 7) is 0.246. The normalized spacial score (nSPS) is 18.3. The molecule has 0 saturated heterocycles. The Morgan fingerprint density at radius 3 is 2.37 bits per heavy atom. The zero-order valence-corrected chi connectivity index (χ0v) is 10.6. The summed E-state index contributed by atoms with van der Waals surface area (Å²) >= 11 is 0. The molecule has 0 atom stereocenters. The van der Waals surface area contributed by atoms with E-state index in [9.17, 15) is 13.6 Å². The molecule has 0 amide bonds. The molecule has 3 nitrogen and oxygen atoms in total. The molecule has 1 fully saturated rings. The summed E-state index contributed by atoms with van der Waals surface area (Å²) in [5.41, 5.74) is 4.81. The Morgan fingerprint density at radius 2 is 1.84 bits per heavy atom. The van der Waals surface area contributed by atoms with E-state index in [1.807, 2.05) is 0 Å². The number of rotatable bonds is 3. The van der Waals surface area contributed by atoms with E-state index >= 15 is 0 Å². The van der Waals surface area contributed by atoms with Crippen LogP contribution in [-0.2, 0) is 5.41 Å². The van der Waals surface area contributed by atoms with Gasteiger partial charge in [0, 0.05) is 12.0 Å². The average Bonchev–Trinajstić information content (AvgIpc) is 2.42. The van der Waals surface area contributed by atoms with Gasteiger partial charge in [0.15, 0.2) is 11.6 Å². The molecule has 0 unspecified atom stereocenters. The molecule has 19 heavy (non-hydrogen) atoms. The van der Waals surface area contributed by atoms with Crippen LogP contribution < -0.4 is 5.73 Å². The number of aromatic carboxylic acids is 1. The van der Waals surface area contributed by atoms with Gasteiger partial charge in [0.05, 0.1) is 5.56 Å². The smallest absolute Gasteiger partial charge is 0.338 e. The highest BCUT2D eigenvalue weighted by molar-refractivity contribution is 5.88. The van der Waals surface area contributed by atoms with Gasteiger partial charge in [-0.3, -0.25) is 0 Å². The second kappa shape index (κ2) is 5.25. The monoisotopic (exact) mass is 269 g/mol. The summed E-state index contributed by atoms with van der Waals surface area (Å²) in [6, 6.07) is 2.50. The maximum Gasteiger partial charge on any atom is 0.338 e. The molecular weight excluding hydrogens is 252 g/mol. The largest absolute Gasteiger partial charge is 0.478 e. The lowest BCUT2D eigenvalue weighted by Crippen LogP contribution is -2.38. The van der Waals surface area contributed by atoms with Gasteiger partial charge in [-0.25, -0.2) is 13.6 Å². The molecule has 0 bridgehead atoms. The van der Waals surface area contributed by atoms with Gasteiger partial charge in [0.1, 0.15) is 0 Å². The van der Waals surface area contributed by atoms with Crippen molar-refractivity contribution in [2.24, 2.45) is 5.73 Å². The second-order valence-corrected chi connectivity index (χ2v) is 5.14. The van der Waals surface area contributed by atoms with E-state index in [0.29, 0.717) is 12.8 Å². The highest BCUT2D eigenvalue weighted by Crippen LogP contribution is 2.40. The first-order chi connectivity index (χ1) is 9.02. The van der Waals surface area contributed by atoms with Gasteiger partial charge >= 0.3 is 5.97 Å². The van der Waals surface area contributed by atoms with Crippen molar-refractivity contribution in [3.05, 3.63) is 34.9 Å². The fraction of sp³-hybridized carbons (Fsp3) is 0.500. The van der Waals surface area contributed by atoms with Gasteiger partial charge in [0.25, 0.3) is 0 Å². The van der Waals surface area contributed by atoms with Crippen molar-refractivity contribution in [1.29, 1.82) is 0 Å². The molecule has 1 aromatic rings. The van der Waals surface area contributed by atoms with Crippen molar-refractivity contribution < 1.29 is 18.7 Å². The quantitative estimate of drug-likeness (QED) is 0.886. The maximum atomic E-state index is 14.1. The summed E-state index contributed by atoms with van der Waals surface area (Å²) in [5.74, 6) is -3.82. The van der Waals surface area contributed by atoms with Crippen LogP contribution in [0.2, 0.25) is 0 Å². The van der Waals surface area contributed by atoms with E-state index in [0.717, 1.165) is 25.3 Å². The third kappa shape index (κ3) is 2.34. The zero-order chi connectivity index (χ0) is 14.0. The van der Waals surface area contributed by atoms with Crippen LogP contribution in [0.5, 0.6) is 0 Å². The Bertz CT molecular complexity index is 496. The third-order valence-electron chi connectivity index (χ3n) is 4.09. The van der Waals surface area contributed by atoms with Crippen LogP contribution in [-0.4, -0.2) is 17.6 Å². The first-order valence-corrected chi connectivity index (χ1v) is 6.44. The van der Waals surface area contributed by atoms with Crippen LogP contribution in [0.4, 0.5) is 8.78 Å². The molecule has 5 heteroatoms. The number of halogens is 2. The lowest BCUT2D eigenvalue weighted by atomic mass is 9.69. The molecule has 1 saturated carbocycles. The number of hydrogen-bond donors (Lipinski definition) is 2. The van der Waals surface area contributed by atoms with Gasteiger partial charge in [-0.05, 0) is 24.5 Å². The molecule has 104 valence electrons. The Balaban J connectivity index is 2.50. The van der Waals surface area contributed by atoms with Crippen molar-refractivity contribution in [1.82, 2.24) is 0 Å². The third-order valence-corrected chi connectivity index (χ3v) is 4.09. The summed E-state index contributed by atoms with van der Waals surface area (Å²) in [4.78, 5) is 10.8. The van der Waals surface area contributed by atoms with E-state index in [-0.39, 0.29) is 12.1 Å². The van der Waals surface area contributed by atoms with E-state index in [1.54, 1.807) is 0 Å². The van der Waals surface area contributed by atoms with Gasteiger partial charge in [-0.15, -0.1) is 0 Å². The second-order valence-electron chi connectivity index (χ2n) is 5.14. The van der Waals surface area contributed by atoms with Gasteiger partial charge in [-0.1, -0.05) is 25.3 Å². The highest BCUT2D eigenvalue weighted by atomic mass is 19.2. The number of carboxylic acid groups (broad SMARTS) is 1. The molecule has 1 aliphatic carbocycles. The van der Waals surface area contributed by atoms with Crippen LogP contribution in [0.15, 0.2) is 12.1 Å². The number of carbonyl (C=O) groups is 1. The average molecular weight is 269 g/mol. The number of carboxylic acids is 1. The van der Waals surface area contributed by atoms with Gasteiger partial charge in [-0.2, -0.15) is 0 Å². The molecular formula is C14H17F2NO2. The summed E-state index contributed by atoms with van der Waals surface area (Å²) in [6.07, 6.45) is 4.36. The van der Waals surface area contributed by atoms with E-state index in [1.165, 1.54) is 6.07 Å². The summed E-state index contributed by atoms with van der Waals surface area (Å²) in [5, 5.41) is 8.78. The molecule has 0 radical (unpaired) electrons. The predicted octanol–water partition coefficient (Wildman–Crippen LogP) is 2.82. The van der Waals surface area contributed by atoms with Crippen molar-refractivity contribution in [2.45, 2.75) is 37.5 Å². The molecule has 1 aromatic carbocycles. The number of hydrogen-bond acceptors (Lipinski definition) is 2. The van der Waals surface area contributed by atoms with Gasteiger partial charge < -0.3 is 10.8 Å². The van der Waals surface area contributed by atoms with Gasteiger partial charge in [0.2, 0.25) is 0 Å². The van der Waals surface area contributed by atoms with E-state index in [4.69, 9.17) is 10.8 Å².